The van der Waals surface area contributed by atoms with Gasteiger partial charge in [0.15, 0.2) is 5.16 Å². The standard InChI is InChI=1S/C20H35N5OS/c1-4-25-19(22-23-20(25)27-5-2)16-10-8-12-24(13-16)14-18(26)21-17-11-7-6-9-15(17)3/h15-17H,4-14H2,1-3H3,(H,21,26)/t15-,16+,17+/m0/s1. The smallest absolute Gasteiger partial charge is 0.234 e. The molecule has 6 nitrogen and oxygen atoms in total. The molecule has 1 saturated heterocycles. The van der Waals surface area contributed by atoms with Gasteiger partial charge in [-0.05, 0) is 50.8 Å². The predicted molar refractivity (Wildman–Crippen MR) is 110 cm³/mol. The van der Waals surface area contributed by atoms with Crippen LogP contribution in [0.25, 0.3) is 0 Å². The van der Waals surface area contributed by atoms with Crippen molar-refractivity contribution in [3.8, 4) is 0 Å². The summed E-state index contributed by atoms with van der Waals surface area (Å²) in [6.07, 6.45) is 7.16. The average Bonchev–Trinajstić information content (AvgIpc) is 3.07. The highest BCUT2D eigenvalue weighted by atomic mass is 32.2. The lowest BCUT2D eigenvalue weighted by Crippen LogP contribution is -2.47. The number of aromatic nitrogens is 3. The highest BCUT2D eigenvalue weighted by molar-refractivity contribution is 7.99. The van der Waals surface area contributed by atoms with Crippen LogP contribution in [0.1, 0.15) is 71.0 Å². The number of amides is 1. The van der Waals surface area contributed by atoms with Gasteiger partial charge in [0.25, 0.3) is 0 Å². The molecule has 27 heavy (non-hydrogen) atoms. The summed E-state index contributed by atoms with van der Waals surface area (Å²) in [6.45, 7) is 9.89. The number of piperidine rings is 1. The Bertz CT molecular complexity index is 620. The van der Waals surface area contributed by atoms with Gasteiger partial charge >= 0.3 is 0 Å². The molecule has 1 N–H and O–H groups in total. The molecular formula is C20H35N5OS. The number of nitrogens with one attached hydrogen (secondary N) is 1. The van der Waals surface area contributed by atoms with E-state index in [0.29, 0.717) is 24.4 Å². The van der Waals surface area contributed by atoms with Crippen LogP contribution in [0.4, 0.5) is 0 Å². The van der Waals surface area contributed by atoms with Crippen molar-refractivity contribution < 1.29 is 4.79 Å². The zero-order valence-corrected chi connectivity index (χ0v) is 17.9. The Morgan fingerprint density at radius 1 is 1.19 bits per heavy atom. The van der Waals surface area contributed by atoms with E-state index < -0.39 is 0 Å². The highest BCUT2D eigenvalue weighted by Gasteiger charge is 2.29. The molecule has 1 aromatic heterocycles. The van der Waals surface area contributed by atoms with Crippen LogP contribution in [0.3, 0.4) is 0 Å². The summed E-state index contributed by atoms with van der Waals surface area (Å²) in [4.78, 5) is 14.9. The van der Waals surface area contributed by atoms with E-state index in [1.807, 2.05) is 0 Å². The molecule has 1 amide bonds. The third-order valence-electron chi connectivity index (χ3n) is 6.03. The van der Waals surface area contributed by atoms with Gasteiger partial charge in [-0.1, -0.05) is 38.5 Å². The second kappa shape index (κ2) is 9.92. The number of thioether (sulfide) groups is 1. The van der Waals surface area contributed by atoms with Crippen molar-refractivity contribution in [2.75, 3.05) is 25.4 Å². The molecule has 7 heteroatoms. The van der Waals surface area contributed by atoms with E-state index in [1.165, 1.54) is 19.3 Å². The van der Waals surface area contributed by atoms with Crippen LogP contribution >= 0.6 is 11.8 Å². The summed E-state index contributed by atoms with van der Waals surface area (Å²) in [6, 6.07) is 0.364. The molecule has 0 aromatic carbocycles. The van der Waals surface area contributed by atoms with Crippen molar-refractivity contribution in [1.82, 2.24) is 25.0 Å². The minimum absolute atomic E-state index is 0.189. The second-order valence-corrected chi connectivity index (χ2v) is 9.26. The monoisotopic (exact) mass is 393 g/mol. The molecule has 1 aliphatic carbocycles. The Morgan fingerprint density at radius 2 is 2.00 bits per heavy atom. The molecule has 0 spiro atoms. The summed E-state index contributed by atoms with van der Waals surface area (Å²) in [5.41, 5.74) is 0. The number of nitrogens with zero attached hydrogens (tertiary/aromatic N) is 4. The Kier molecular flexibility index (Phi) is 7.58. The normalized spacial score (nSPS) is 26.9. The SMILES string of the molecule is CCSc1nnc([C@@H]2CCCN(CC(=O)N[C@@H]3CCCC[C@@H]3C)C2)n1CC. The summed E-state index contributed by atoms with van der Waals surface area (Å²) in [7, 11) is 0. The molecule has 1 aromatic rings. The van der Waals surface area contributed by atoms with Crippen LogP contribution in [-0.2, 0) is 11.3 Å². The number of carbonyl (C=O) groups is 1. The van der Waals surface area contributed by atoms with Crippen molar-refractivity contribution in [1.29, 1.82) is 0 Å². The van der Waals surface area contributed by atoms with E-state index in [-0.39, 0.29) is 5.91 Å². The van der Waals surface area contributed by atoms with Crippen molar-refractivity contribution in [2.45, 2.75) is 83.0 Å². The Balaban J connectivity index is 1.57. The number of likely N-dealkylation sites (tertiary alicyclic amines) is 1. The van der Waals surface area contributed by atoms with E-state index >= 15 is 0 Å². The zero-order chi connectivity index (χ0) is 19.2. The van der Waals surface area contributed by atoms with Gasteiger partial charge in [0, 0.05) is 25.0 Å². The van der Waals surface area contributed by atoms with E-state index in [9.17, 15) is 4.79 Å². The summed E-state index contributed by atoms with van der Waals surface area (Å²) >= 11 is 1.75. The van der Waals surface area contributed by atoms with Gasteiger partial charge in [-0.15, -0.1) is 10.2 Å². The molecule has 1 saturated carbocycles. The Labute approximate surface area is 167 Å². The van der Waals surface area contributed by atoms with E-state index in [4.69, 9.17) is 0 Å². The predicted octanol–water partition coefficient (Wildman–Crippen LogP) is 3.28. The second-order valence-electron chi connectivity index (χ2n) is 8.03. The molecule has 152 valence electrons. The lowest BCUT2D eigenvalue weighted by Gasteiger charge is -2.33. The maximum Gasteiger partial charge on any atom is 0.234 e. The first-order valence-corrected chi connectivity index (χ1v) is 11.7. The van der Waals surface area contributed by atoms with Gasteiger partial charge in [0.05, 0.1) is 6.54 Å². The molecule has 2 aliphatic rings. The Morgan fingerprint density at radius 3 is 2.74 bits per heavy atom. The first kappa shape index (κ1) is 20.6. The van der Waals surface area contributed by atoms with Gasteiger partial charge in [0.2, 0.25) is 5.91 Å². The number of hydrogen-bond donors (Lipinski definition) is 1. The molecule has 0 radical (unpaired) electrons. The van der Waals surface area contributed by atoms with Gasteiger partial charge in [-0.25, -0.2) is 0 Å². The molecule has 3 rings (SSSR count). The van der Waals surface area contributed by atoms with Gasteiger partial charge in [-0.3, -0.25) is 9.69 Å². The Hall–Kier alpha value is -1.08. The average molecular weight is 394 g/mol. The molecule has 3 atom stereocenters. The number of carbonyl (C=O) groups excluding carboxylic acids is 1. The van der Waals surface area contributed by atoms with Crippen LogP contribution < -0.4 is 5.32 Å². The molecule has 0 bridgehead atoms. The summed E-state index contributed by atoms with van der Waals surface area (Å²) in [5, 5.41) is 13.2. The first-order chi connectivity index (χ1) is 13.1. The summed E-state index contributed by atoms with van der Waals surface area (Å²) in [5.74, 6) is 3.27. The topological polar surface area (TPSA) is 63.1 Å². The van der Waals surface area contributed by atoms with Crippen LogP contribution in [-0.4, -0.2) is 57.0 Å². The molecule has 1 aliphatic heterocycles. The quantitative estimate of drug-likeness (QED) is 0.720. The third kappa shape index (κ3) is 5.25. The van der Waals surface area contributed by atoms with Crippen molar-refractivity contribution in [2.24, 2.45) is 5.92 Å². The summed E-state index contributed by atoms with van der Waals surface area (Å²) < 4.78 is 2.26. The fourth-order valence-corrected chi connectivity index (χ4v) is 5.27. The fraction of sp³-hybridized carbons (Fsp3) is 0.850. The van der Waals surface area contributed by atoms with Crippen LogP contribution in [0.15, 0.2) is 5.16 Å². The van der Waals surface area contributed by atoms with Crippen molar-refractivity contribution in [3.63, 3.8) is 0 Å². The third-order valence-corrected chi connectivity index (χ3v) is 6.88. The van der Waals surface area contributed by atoms with Crippen molar-refractivity contribution >= 4 is 17.7 Å². The minimum Gasteiger partial charge on any atom is -0.352 e. The van der Waals surface area contributed by atoms with Gasteiger partial charge in [0.1, 0.15) is 5.82 Å². The highest BCUT2D eigenvalue weighted by Crippen LogP contribution is 2.28. The molecular weight excluding hydrogens is 358 g/mol. The lowest BCUT2D eigenvalue weighted by atomic mass is 9.86. The van der Waals surface area contributed by atoms with Gasteiger partial charge < -0.3 is 9.88 Å². The maximum atomic E-state index is 12.6. The van der Waals surface area contributed by atoms with E-state index in [1.54, 1.807) is 11.8 Å². The van der Waals surface area contributed by atoms with E-state index in [0.717, 1.165) is 55.6 Å². The fourth-order valence-electron chi connectivity index (χ4n) is 4.53. The zero-order valence-electron chi connectivity index (χ0n) is 17.1. The number of hydrogen-bond acceptors (Lipinski definition) is 5. The molecule has 2 heterocycles. The minimum atomic E-state index is 0.189. The van der Waals surface area contributed by atoms with Crippen LogP contribution in [0.5, 0.6) is 0 Å². The molecule has 2 fully saturated rings. The van der Waals surface area contributed by atoms with Crippen LogP contribution in [0.2, 0.25) is 0 Å². The van der Waals surface area contributed by atoms with E-state index in [2.05, 4.69) is 45.8 Å². The van der Waals surface area contributed by atoms with Gasteiger partial charge in [-0.2, -0.15) is 0 Å². The molecule has 0 unspecified atom stereocenters. The first-order valence-electron chi connectivity index (χ1n) is 10.7. The van der Waals surface area contributed by atoms with Crippen LogP contribution in [0, 0.1) is 5.92 Å². The van der Waals surface area contributed by atoms with Crippen molar-refractivity contribution in [3.05, 3.63) is 5.82 Å². The lowest BCUT2D eigenvalue weighted by molar-refractivity contribution is -0.123. The maximum absolute atomic E-state index is 12.6. The number of rotatable bonds is 7. The largest absolute Gasteiger partial charge is 0.352 e.